The summed E-state index contributed by atoms with van der Waals surface area (Å²) in [5, 5.41) is 0. The molecule has 2 rings (SSSR count). The van der Waals surface area contributed by atoms with Crippen molar-refractivity contribution in [1.82, 2.24) is 0 Å². The molecule has 126 valence electrons. The van der Waals surface area contributed by atoms with E-state index < -0.39 is 5.97 Å². The van der Waals surface area contributed by atoms with Crippen LogP contribution < -0.4 is 9.47 Å². The molecule has 0 saturated heterocycles. The largest absolute Gasteiger partial charge is 0.496 e. The molecule has 0 aliphatic heterocycles. The molecule has 0 saturated carbocycles. The van der Waals surface area contributed by atoms with E-state index in [0.29, 0.717) is 28.2 Å². The van der Waals surface area contributed by atoms with Gasteiger partial charge in [-0.25, -0.2) is 4.79 Å². The minimum Gasteiger partial charge on any atom is -0.496 e. The van der Waals surface area contributed by atoms with Gasteiger partial charge in [-0.1, -0.05) is 12.1 Å². The first kappa shape index (κ1) is 17.5. The fourth-order valence-corrected chi connectivity index (χ4v) is 2.55. The maximum absolute atomic E-state index is 12.2. The molecule has 0 aliphatic carbocycles. The summed E-state index contributed by atoms with van der Waals surface area (Å²) in [4.78, 5) is 23.8. The molecule has 2 aromatic rings. The average Bonchev–Trinajstić information content (AvgIpc) is 2.60. The zero-order valence-electron chi connectivity index (χ0n) is 14.4. The number of aryl methyl sites for hydroxylation is 1. The molecule has 0 spiro atoms. The second-order valence-corrected chi connectivity index (χ2v) is 5.33. The van der Waals surface area contributed by atoms with E-state index in [2.05, 4.69) is 0 Å². The van der Waals surface area contributed by atoms with Gasteiger partial charge in [0.2, 0.25) is 0 Å². The third-order valence-electron chi connectivity index (χ3n) is 3.84. The van der Waals surface area contributed by atoms with Crippen LogP contribution in [0.5, 0.6) is 11.5 Å². The van der Waals surface area contributed by atoms with Gasteiger partial charge in [0.15, 0.2) is 5.78 Å². The Kier molecular flexibility index (Phi) is 5.24. The fraction of sp³-hybridized carbons (Fsp3) is 0.263. The number of methoxy groups -OCH3 is 3. The quantitative estimate of drug-likeness (QED) is 0.619. The lowest BCUT2D eigenvalue weighted by Gasteiger charge is -2.16. The van der Waals surface area contributed by atoms with Crippen LogP contribution >= 0.6 is 0 Å². The molecular weight excluding hydrogens is 308 g/mol. The molecule has 0 fully saturated rings. The van der Waals surface area contributed by atoms with Gasteiger partial charge >= 0.3 is 5.97 Å². The summed E-state index contributed by atoms with van der Waals surface area (Å²) >= 11 is 0. The molecule has 0 bridgehead atoms. The van der Waals surface area contributed by atoms with Crippen LogP contribution in [0.4, 0.5) is 0 Å². The topological polar surface area (TPSA) is 61.8 Å². The van der Waals surface area contributed by atoms with E-state index in [1.807, 2.05) is 13.0 Å². The first-order chi connectivity index (χ1) is 11.4. The molecule has 0 radical (unpaired) electrons. The van der Waals surface area contributed by atoms with Crippen molar-refractivity contribution in [3.63, 3.8) is 0 Å². The standard InChI is InChI=1S/C19H20O5/c1-11-8-15(18(23-4)10-17(11)22-3)14-7-6-13(12(2)20)9-16(14)19(21)24-5/h6-10H,1-5H3. The maximum Gasteiger partial charge on any atom is 0.338 e. The second kappa shape index (κ2) is 7.17. The highest BCUT2D eigenvalue weighted by molar-refractivity contribution is 6.02. The van der Waals surface area contributed by atoms with Crippen molar-refractivity contribution in [2.45, 2.75) is 13.8 Å². The third kappa shape index (κ3) is 3.25. The number of hydrogen-bond donors (Lipinski definition) is 0. The number of ketones is 1. The predicted molar refractivity (Wildman–Crippen MR) is 91.1 cm³/mol. The number of benzene rings is 2. The van der Waals surface area contributed by atoms with Crippen LogP contribution in [0.1, 0.15) is 33.2 Å². The van der Waals surface area contributed by atoms with E-state index in [4.69, 9.17) is 14.2 Å². The highest BCUT2D eigenvalue weighted by Gasteiger charge is 2.19. The number of hydrogen-bond acceptors (Lipinski definition) is 5. The molecule has 2 aromatic carbocycles. The summed E-state index contributed by atoms with van der Waals surface area (Å²) in [5.74, 6) is 0.627. The number of Topliss-reactive ketones (excluding diaryl/α,β-unsaturated/α-hetero) is 1. The number of esters is 1. The van der Waals surface area contributed by atoms with Crippen molar-refractivity contribution < 1.29 is 23.8 Å². The summed E-state index contributed by atoms with van der Waals surface area (Å²) in [7, 11) is 4.45. The van der Waals surface area contributed by atoms with E-state index in [-0.39, 0.29) is 5.78 Å². The Hall–Kier alpha value is -2.82. The first-order valence-electron chi connectivity index (χ1n) is 7.39. The Balaban J connectivity index is 2.74. The molecule has 0 aliphatic rings. The van der Waals surface area contributed by atoms with Gasteiger partial charge in [0.05, 0.1) is 26.9 Å². The zero-order valence-corrected chi connectivity index (χ0v) is 14.4. The number of carbonyl (C=O) groups is 2. The van der Waals surface area contributed by atoms with Crippen LogP contribution in [-0.4, -0.2) is 33.1 Å². The van der Waals surface area contributed by atoms with Crippen LogP contribution in [0, 0.1) is 6.92 Å². The van der Waals surface area contributed by atoms with Crippen LogP contribution in [0.15, 0.2) is 30.3 Å². The zero-order chi connectivity index (χ0) is 17.9. The van der Waals surface area contributed by atoms with Gasteiger partial charge in [-0.3, -0.25) is 4.79 Å². The average molecular weight is 328 g/mol. The van der Waals surface area contributed by atoms with E-state index in [1.54, 1.807) is 38.5 Å². The van der Waals surface area contributed by atoms with E-state index in [9.17, 15) is 9.59 Å². The van der Waals surface area contributed by atoms with Gasteiger partial charge < -0.3 is 14.2 Å². The summed E-state index contributed by atoms with van der Waals surface area (Å²) in [5.41, 5.74) is 3.02. The predicted octanol–water partition coefficient (Wildman–Crippen LogP) is 3.67. The van der Waals surface area contributed by atoms with Gasteiger partial charge in [0.25, 0.3) is 0 Å². The molecule has 5 heteroatoms. The lowest BCUT2D eigenvalue weighted by atomic mass is 9.94. The minimum absolute atomic E-state index is 0.121. The Bertz CT molecular complexity index is 793. The van der Waals surface area contributed by atoms with E-state index in [1.165, 1.54) is 14.0 Å². The lowest BCUT2D eigenvalue weighted by Crippen LogP contribution is -2.06. The van der Waals surface area contributed by atoms with Gasteiger partial charge in [-0.15, -0.1) is 0 Å². The highest BCUT2D eigenvalue weighted by Crippen LogP contribution is 2.38. The van der Waals surface area contributed by atoms with Gasteiger partial charge in [0, 0.05) is 17.2 Å². The van der Waals surface area contributed by atoms with Crippen LogP contribution in [-0.2, 0) is 4.74 Å². The molecule has 5 nitrogen and oxygen atoms in total. The molecule has 24 heavy (non-hydrogen) atoms. The molecule has 0 amide bonds. The third-order valence-corrected chi connectivity index (χ3v) is 3.84. The maximum atomic E-state index is 12.2. The van der Waals surface area contributed by atoms with E-state index >= 15 is 0 Å². The summed E-state index contributed by atoms with van der Waals surface area (Å²) in [6.07, 6.45) is 0. The Morgan fingerprint density at radius 2 is 1.54 bits per heavy atom. The Morgan fingerprint density at radius 3 is 2.08 bits per heavy atom. The number of carbonyl (C=O) groups excluding carboxylic acids is 2. The molecule has 0 N–H and O–H groups in total. The van der Waals surface area contributed by atoms with E-state index in [0.717, 1.165) is 11.1 Å². The molecular formula is C19H20O5. The second-order valence-electron chi connectivity index (χ2n) is 5.33. The monoisotopic (exact) mass is 328 g/mol. The van der Waals surface area contributed by atoms with Crippen LogP contribution in [0.2, 0.25) is 0 Å². The SMILES string of the molecule is COC(=O)c1cc(C(C)=O)ccc1-c1cc(C)c(OC)cc1OC. The summed E-state index contributed by atoms with van der Waals surface area (Å²) in [6, 6.07) is 8.61. The van der Waals surface area contributed by atoms with Gasteiger partial charge in [0.1, 0.15) is 11.5 Å². The summed E-state index contributed by atoms with van der Waals surface area (Å²) < 4.78 is 15.6. The lowest BCUT2D eigenvalue weighted by molar-refractivity contribution is 0.0601. The Morgan fingerprint density at radius 1 is 0.875 bits per heavy atom. The van der Waals surface area contributed by atoms with Crippen molar-refractivity contribution in [1.29, 1.82) is 0 Å². The molecule has 0 aromatic heterocycles. The molecule has 0 unspecified atom stereocenters. The molecule has 0 heterocycles. The fourth-order valence-electron chi connectivity index (χ4n) is 2.55. The van der Waals surface area contributed by atoms with Crippen molar-refractivity contribution in [3.8, 4) is 22.6 Å². The van der Waals surface area contributed by atoms with Crippen LogP contribution in [0.3, 0.4) is 0 Å². The first-order valence-corrected chi connectivity index (χ1v) is 7.39. The number of rotatable bonds is 5. The van der Waals surface area contributed by atoms with Gasteiger partial charge in [-0.05, 0) is 37.1 Å². The normalized spacial score (nSPS) is 10.2. The number of ether oxygens (including phenoxy) is 3. The minimum atomic E-state index is -0.511. The van der Waals surface area contributed by atoms with Crippen molar-refractivity contribution in [3.05, 3.63) is 47.0 Å². The highest BCUT2D eigenvalue weighted by atomic mass is 16.5. The van der Waals surface area contributed by atoms with Crippen molar-refractivity contribution in [2.75, 3.05) is 21.3 Å². The van der Waals surface area contributed by atoms with Crippen molar-refractivity contribution >= 4 is 11.8 Å². The Labute approximate surface area is 141 Å². The van der Waals surface area contributed by atoms with Crippen LogP contribution in [0.25, 0.3) is 11.1 Å². The van der Waals surface area contributed by atoms with Gasteiger partial charge in [-0.2, -0.15) is 0 Å². The summed E-state index contributed by atoms with van der Waals surface area (Å²) in [6.45, 7) is 3.36. The smallest absolute Gasteiger partial charge is 0.338 e. The van der Waals surface area contributed by atoms with Crippen molar-refractivity contribution in [2.24, 2.45) is 0 Å². The molecule has 0 atom stereocenters.